The van der Waals surface area contributed by atoms with Gasteiger partial charge in [0, 0.05) is 21.1 Å². The lowest BCUT2D eigenvalue weighted by atomic mass is 10.1. The van der Waals surface area contributed by atoms with Gasteiger partial charge in [0.15, 0.2) is 5.90 Å². The van der Waals surface area contributed by atoms with Gasteiger partial charge in [0.05, 0.1) is 18.8 Å². The second-order valence-electron chi connectivity index (χ2n) is 3.72. The molecule has 0 aromatic heterocycles. The minimum absolute atomic E-state index is 0.0318. The molecule has 4 nitrogen and oxygen atoms in total. The average molecular weight is 203 g/mol. The van der Waals surface area contributed by atoms with Gasteiger partial charge in [-0.15, -0.1) is 0 Å². The molecular weight excluding hydrogens is 182 g/mol. The van der Waals surface area contributed by atoms with Crippen LogP contribution >= 0.6 is 0 Å². The quantitative estimate of drug-likeness (QED) is 0.652. The van der Waals surface area contributed by atoms with E-state index >= 15 is 0 Å². The maximum Gasteiger partial charge on any atom is 0.180 e. The van der Waals surface area contributed by atoms with Crippen LogP contribution in [0, 0.1) is 0 Å². The summed E-state index contributed by atoms with van der Waals surface area (Å²) in [5.41, 5.74) is 0.0318. The Bertz CT molecular complexity index is 174. The summed E-state index contributed by atoms with van der Waals surface area (Å²) in [6, 6.07) is 0. The Morgan fingerprint density at radius 3 is 1.93 bits per heavy atom. The van der Waals surface area contributed by atoms with Crippen LogP contribution in [0.3, 0.4) is 0 Å². The first kappa shape index (κ1) is 13.4. The van der Waals surface area contributed by atoms with Crippen molar-refractivity contribution in [3.63, 3.8) is 0 Å². The fourth-order valence-corrected chi connectivity index (χ4v) is 0.938. The van der Waals surface area contributed by atoms with Crippen LogP contribution in [0.15, 0.2) is 4.99 Å². The third-order valence-electron chi connectivity index (χ3n) is 1.59. The van der Waals surface area contributed by atoms with Gasteiger partial charge in [0.2, 0.25) is 0 Å². The molecule has 0 aromatic carbocycles. The van der Waals surface area contributed by atoms with Crippen LogP contribution < -0.4 is 0 Å². The largest absolute Gasteiger partial charge is 0.479 e. The summed E-state index contributed by atoms with van der Waals surface area (Å²) in [5, 5.41) is 0. The van der Waals surface area contributed by atoms with Crippen molar-refractivity contribution in [1.29, 1.82) is 0 Å². The van der Waals surface area contributed by atoms with E-state index in [1.807, 2.05) is 6.92 Å². The minimum Gasteiger partial charge on any atom is -0.479 e. The molecule has 0 amide bonds. The van der Waals surface area contributed by atoms with Crippen LogP contribution in [-0.2, 0) is 14.2 Å². The molecule has 84 valence electrons. The molecule has 1 heterocycles. The van der Waals surface area contributed by atoms with E-state index < -0.39 is 0 Å². The molecule has 0 unspecified atom stereocenters. The molecular formula is C10H21NO3. The number of nitrogens with zero attached hydrogens (tertiary/aromatic N) is 1. The molecule has 0 saturated carbocycles. The Balaban J connectivity index is 0.000000255. The smallest absolute Gasteiger partial charge is 0.180 e. The van der Waals surface area contributed by atoms with Gasteiger partial charge in [-0.2, -0.15) is 0 Å². The van der Waals surface area contributed by atoms with Crippen molar-refractivity contribution in [3.8, 4) is 0 Å². The van der Waals surface area contributed by atoms with E-state index in [-0.39, 0.29) is 5.54 Å². The fourth-order valence-electron chi connectivity index (χ4n) is 0.938. The van der Waals surface area contributed by atoms with Gasteiger partial charge in [0.25, 0.3) is 0 Å². The SMILES string of the molecule is CC1=NC(C)(C)CO1.COCCOC. The normalized spacial score (nSPS) is 17.9. The summed E-state index contributed by atoms with van der Waals surface area (Å²) < 4.78 is 14.4. The standard InChI is InChI=1S/C6H11NO.C4H10O2/c1-5-7-6(2,3)4-8-5;1-5-3-4-6-2/h4H2,1-3H3;3-4H2,1-2H3. The minimum atomic E-state index is 0.0318. The van der Waals surface area contributed by atoms with Crippen molar-refractivity contribution >= 4 is 5.90 Å². The van der Waals surface area contributed by atoms with E-state index in [9.17, 15) is 0 Å². The lowest BCUT2D eigenvalue weighted by Gasteiger charge is -2.07. The number of hydrogen-bond acceptors (Lipinski definition) is 4. The van der Waals surface area contributed by atoms with Gasteiger partial charge in [-0.25, -0.2) is 4.99 Å². The highest BCUT2D eigenvalue weighted by molar-refractivity contribution is 5.75. The van der Waals surface area contributed by atoms with Crippen molar-refractivity contribution < 1.29 is 14.2 Å². The fraction of sp³-hybridized carbons (Fsp3) is 0.900. The monoisotopic (exact) mass is 203 g/mol. The summed E-state index contributed by atoms with van der Waals surface area (Å²) >= 11 is 0. The molecule has 0 fully saturated rings. The summed E-state index contributed by atoms with van der Waals surface area (Å²) in [5.74, 6) is 0.815. The zero-order chi connectivity index (χ0) is 11.0. The Labute approximate surface area is 86.3 Å². The van der Waals surface area contributed by atoms with E-state index in [4.69, 9.17) is 4.74 Å². The van der Waals surface area contributed by atoms with Gasteiger partial charge < -0.3 is 14.2 Å². The maximum atomic E-state index is 5.12. The number of ether oxygens (including phenoxy) is 3. The van der Waals surface area contributed by atoms with Crippen LogP contribution in [0.1, 0.15) is 20.8 Å². The molecule has 0 radical (unpaired) electrons. The molecule has 0 saturated heterocycles. The van der Waals surface area contributed by atoms with Crippen molar-refractivity contribution in [1.82, 2.24) is 0 Å². The van der Waals surface area contributed by atoms with Gasteiger partial charge >= 0.3 is 0 Å². The molecule has 1 aliphatic rings. The van der Waals surface area contributed by atoms with Crippen LogP contribution in [-0.4, -0.2) is 45.5 Å². The summed E-state index contributed by atoms with van der Waals surface area (Å²) in [6.45, 7) is 8.12. The van der Waals surface area contributed by atoms with Gasteiger partial charge in [-0.3, -0.25) is 0 Å². The van der Waals surface area contributed by atoms with Crippen molar-refractivity contribution in [2.75, 3.05) is 34.0 Å². The van der Waals surface area contributed by atoms with Crippen LogP contribution in [0.2, 0.25) is 0 Å². The zero-order valence-corrected chi connectivity index (χ0v) is 9.79. The van der Waals surface area contributed by atoms with Gasteiger partial charge in [-0.05, 0) is 13.8 Å². The third kappa shape index (κ3) is 6.86. The molecule has 0 N–H and O–H groups in total. The third-order valence-corrected chi connectivity index (χ3v) is 1.59. The molecule has 0 aromatic rings. The topological polar surface area (TPSA) is 40.0 Å². The Kier molecular flexibility index (Phi) is 6.49. The first-order chi connectivity index (χ1) is 6.52. The van der Waals surface area contributed by atoms with Crippen LogP contribution in [0.4, 0.5) is 0 Å². The number of methoxy groups -OCH3 is 2. The van der Waals surface area contributed by atoms with E-state index in [2.05, 4.69) is 28.3 Å². The highest BCUT2D eigenvalue weighted by atomic mass is 16.5. The lowest BCUT2D eigenvalue weighted by molar-refractivity contribution is 0.103. The summed E-state index contributed by atoms with van der Waals surface area (Å²) in [6.07, 6.45) is 0. The second kappa shape index (κ2) is 6.79. The summed E-state index contributed by atoms with van der Waals surface area (Å²) in [4.78, 5) is 4.22. The first-order valence-electron chi connectivity index (χ1n) is 4.69. The van der Waals surface area contributed by atoms with Crippen LogP contribution in [0.5, 0.6) is 0 Å². The Morgan fingerprint density at radius 2 is 1.79 bits per heavy atom. The zero-order valence-electron chi connectivity index (χ0n) is 9.79. The van der Waals surface area contributed by atoms with Gasteiger partial charge in [0.1, 0.15) is 6.61 Å². The molecule has 14 heavy (non-hydrogen) atoms. The first-order valence-corrected chi connectivity index (χ1v) is 4.69. The number of hydrogen-bond donors (Lipinski definition) is 0. The molecule has 4 heteroatoms. The molecule has 0 bridgehead atoms. The summed E-state index contributed by atoms with van der Waals surface area (Å²) in [7, 11) is 3.30. The van der Waals surface area contributed by atoms with Crippen LogP contribution in [0.25, 0.3) is 0 Å². The predicted octanol–water partition coefficient (Wildman–Crippen LogP) is 1.49. The molecule has 0 atom stereocenters. The molecule has 0 aliphatic carbocycles. The number of rotatable bonds is 3. The Morgan fingerprint density at radius 1 is 1.29 bits per heavy atom. The van der Waals surface area contributed by atoms with Crippen molar-refractivity contribution in [3.05, 3.63) is 0 Å². The van der Waals surface area contributed by atoms with Gasteiger partial charge in [-0.1, -0.05) is 0 Å². The van der Waals surface area contributed by atoms with Crippen molar-refractivity contribution in [2.45, 2.75) is 26.3 Å². The van der Waals surface area contributed by atoms with E-state index in [0.29, 0.717) is 13.2 Å². The maximum absolute atomic E-state index is 5.12. The van der Waals surface area contributed by atoms with E-state index in [1.165, 1.54) is 0 Å². The van der Waals surface area contributed by atoms with E-state index in [0.717, 1.165) is 12.5 Å². The molecule has 1 aliphatic heterocycles. The molecule has 0 spiro atoms. The second-order valence-corrected chi connectivity index (χ2v) is 3.72. The van der Waals surface area contributed by atoms with E-state index in [1.54, 1.807) is 14.2 Å². The highest BCUT2D eigenvalue weighted by Crippen LogP contribution is 2.15. The Hall–Kier alpha value is -0.610. The lowest BCUT2D eigenvalue weighted by Crippen LogP contribution is -2.17. The predicted molar refractivity (Wildman–Crippen MR) is 56.9 cm³/mol. The number of aliphatic imine (C=N–C) groups is 1. The average Bonchev–Trinajstić information content (AvgIpc) is 2.42. The van der Waals surface area contributed by atoms with Crippen molar-refractivity contribution in [2.24, 2.45) is 4.99 Å². The highest BCUT2D eigenvalue weighted by Gasteiger charge is 2.23. The molecule has 1 rings (SSSR count).